The molecule has 2 aliphatic rings. The van der Waals surface area contributed by atoms with Gasteiger partial charge in [0.15, 0.2) is 0 Å². The van der Waals surface area contributed by atoms with Gasteiger partial charge in [-0.25, -0.2) is 9.97 Å². The molecule has 0 aliphatic carbocycles. The Labute approximate surface area is 206 Å². The third-order valence-corrected chi connectivity index (χ3v) is 7.12. The molecule has 6 rings (SSSR count). The smallest absolute Gasteiger partial charge is 0.201 e. The largest absolute Gasteiger partial charge is 0.490 e. The van der Waals surface area contributed by atoms with Crippen molar-refractivity contribution in [2.75, 3.05) is 11.5 Å². The van der Waals surface area contributed by atoms with Gasteiger partial charge in [0.25, 0.3) is 0 Å². The number of nitrogen functional groups attached to an aromatic ring is 2. The summed E-state index contributed by atoms with van der Waals surface area (Å²) in [4.78, 5) is 8.84. The van der Waals surface area contributed by atoms with Crippen molar-refractivity contribution in [1.82, 2.24) is 19.1 Å². The zero-order chi connectivity index (χ0) is 24.7. The molecule has 4 aromatic rings. The highest BCUT2D eigenvalue weighted by Gasteiger charge is 2.27. The van der Waals surface area contributed by atoms with Gasteiger partial charge in [-0.05, 0) is 50.5 Å². The summed E-state index contributed by atoms with van der Waals surface area (Å²) in [6.07, 6.45) is 5.66. The Bertz CT molecular complexity index is 1370. The summed E-state index contributed by atoms with van der Waals surface area (Å²) in [6.45, 7) is 10.3. The third-order valence-electron chi connectivity index (χ3n) is 7.12. The number of imidazole rings is 2. The van der Waals surface area contributed by atoms with Crippen LogP contribution in [-0.4, -0.2) is 31.3 Å². The maximum absolute atomic E-state index is 6.01. The predicted octanol–water partition coefficient (Wildman–Crippen LogP) is 5.09. The van der Waals surface area contributed by atoms with E-state index in [1.165, 1.54) is 16.6 Å². The van der Waals surface area contributed by atoms with E-state index in [9.17, 15) is 0 Å². The van der Waals surface area contributed by atoms with E-state index >= 15 is 0 Å². The van der Waals surface area contributed by atoms with Crippen LogP contribution in [0.4, 0.5) is 11.9 Å². The van der Waals surface area contributed by atoms with Crippen LogP contribution in [0.25, 0.3) is 22.1 Å². The number of hydrogen-bond acceptors (Lipinski definition) is 6. The van der Waals surface area contributed by atoms with Gasteiger partial charge >= 0.3 is 0 Å². The lowest BCUT2D eigenvalue weighted by Crippen LogP contribution is -2.10. The van der Waals surface area contributed by atoms with E-state index < -0.39 is 0 Å². The van der Waals surface area contributed by atoms with E-state index in [0.717, 1.165) is 73.2 Å². The van der Waals surface area contributed by atoms with Crippen LogP contribution in [0.1, 0.15) is 58.1 Å². The SMILES string of the molecule is CCC1Cc2c(ccc3nc(N)n(CC)c23)O1.CCCn1c(N)nc2ccc3c(c21)CC(CC)O3. The Morgan fingerprint density at radius 3 is 1.71 bits per heavy atom. The summed E-state index contributed by atoms with van der Waals surface area (Å²) in [5.74, 6) is 3.21. The van der Waals surface area contributed by atoms with Crippen LogP contribution in [0, 0.1) is 0 Å². The summed E-state index contributed by atoms with van der Waals surface area (Å²) < 4.78 is 16.0. The maximum atomic E-state index is 6.01. The molecule has 2 aromatic heterocycles. The lowest BCUT2D eigenvalue weighted by Gasteiger charge is -2.06. The van der Waals surface area contributed by atoms with Gasteiger partial charge < -0.3 is 30.1 Å². The Morgan fingerprint density at radius 1 is 0.771 bits per heavy atom. The lowest BCUT2D eigenvalue weighted by molar-refractivity contribution is 0.228. The number of aromatic nitrogens is 4. The zero-order valence-electron chi connectivity index (χ0n) is 21.2. The minimum absolute atomic E-state index is 0.303. The second kappa shape index (κ2) is 9.32. The number of fused-ring (bicyclic) bond motifs is 6. The molecule has 8 heteroatoms. The van der Waals surface area contributed by atoms with E-state index in [0.29, 0.717) is 24.1 Å². The van der Waals surface area contributed by atoms with Gasteiger partial charge in [-0.2, -0.15) is 0 Å². The highest BCUT2D eigenvalue weighted by molar-refractivity contribution is 5.85. The molecule has 0 radical (unpaired) electrons. The van der Waals surface area contributed by atoms with Crippen LogP contribution < -0.4 is 20.9 Å². The van der Waals surface area contributed by atoms with Gasteiger partial charge in [0.1, 0.15) is 23.7 Å². The van der Waals surface area contributed by atoms with Crippen molar-refractivity contribution in [2.24, 2.45) is 0 Å². The molecule has 35 heavy (non-hydrogen) atoms. The summed E-state index contributed by atoms with van der Waals surface area (Å²) in [5, 5.41) is 0. The summed E-state index contributed by atoms with van der Waals surface area (Å²) in [6, 6.07) is 8.04. The zero-order valence-corrected chi connectivity index (χ0v) is 21.2. The first-order valence-electron chi connectivity index (χ1n) is 12.9. The summed E-state index contributed by atoms with van der Waals surface area (Å²) in [7, 11) is 0. The number of hydrogen-bond donors (Lipinski definition) is 2. The Hall–Kier alpha value is -3.42. The third kappa shape index (κ3) is 3.94. The second-order valence-corrected chi connectivity index (χ2v) is 9.36. The molecule has 4 heterocycles. The minimum Gasteiger partial charge on any atom is -0.490 e. The number of aryl methyl sites for hydroxylation is 2. The van der Waals surface area contributed by atoms with Gasteiger partial charge in [0, 0.05) is 37.1 Å². The summed E-state index contributed by atoms with van der Waals surface area (Å²) in [5.41, 5.74) is 18.8. The van der Waals surface area contributed by atoms with Gasteiger partial charge in [-0.1, -0.05) is 20.8 Å². The fourth-order valence-electron chi connectivity index (χ4n) is 5.33. The fourth-order valence-corrected chi connectivity index (χ4v) is 5.33. The van der Waals surface area contributed by atoms with Crippen molar-refractivity contribution in [3.63, 3.8) is 0 Å². The first-order chi connectivity index (χ1) is 17.0. The van der Waals surface area contributed by atoms with Crippen LogP contribution in [0.3, 0.4) is 0 Å². The normalized spacial score (nSPS) is 18.2. The average molecular weight is 477 g/mol. The Morgan fingerprint density at radius 2 is 1.26 bits per heavy atom. The van der Waals surface area contributed by atoms with Crippen molar-refractivity contribution in [1.29, 1.82) is 0 Å². The minimum atomic E-state index is 0.303. The van der Waals surface area contributed by atoms with Crippen LogP contribution >= 0.6 is 0 Å². The monoisotopic (exact) mass is 476 g/mol. The van der Waals surface area contributed by atoms with E-state index in [2.05, 4.69) is 46.8 Å². The molecular weight excluding hydrogens is 440 g/mol. The second-order valence-electron chi connectivity index (χ2n) is 9.36. The van der Waals surface area contributed by atoms with Crippen LogP contribution in [0.5, 0.6) is 11.5 Å². The summed E-state index contributed by atoms with van der Waals surface area (Å²) >= 11 is 0. The molecule has 2 unspecified atom stereocenters. The predicted molar refractivity (Wildman–Crippen MR) is 141 cm³/mol. The fraction of sp³-hybridized carbons (Fsp3) is 0.481. The van der Waals surface area contributed by atoms with Crippen LogP contribution in [0.2, 0.25) is 0 Å². The van der Waals surface area contributed by atoms with Gasteiger partial charge in [0.05, 0.1) is 22.1 Å². The maximum Gasteiger partial charge on any atom is 0.201 e. The molecule has 0 saturated carbocycles. The van der Waals surface area contributed by atoms with Gasteiger partial charge in [0.2, 0.25) is 11.9 Å². The van der Waals surface area contributed by atoms with Crippen molar-refractivity contribution in [3.05, 3.63) is 35.4 Å². The molecule has 2 atom stereocenters. The number of nitrogens with two attached hydrogens (primary N) is 2. The Balaban J connectivity index is 0.000000145. The van der Waals surface area contributed by atoms with Crippen LogP contribution in [0.15, 0.2) is 24.3 Å². The molecule has 2 aliphatic heterocycles. The van der Waals surface area contributed by atoms with Gasteiger partial charge in [-0.3, -0.25) is 0 Å². The molecule has 0 fully saturated rings. The standard InChI is InChI=1S/C14H19N3O.C13H17N3O/c1-3-7-17-13-10-8-9(4-2)18-12(10)6-5-11(13)16-14(17)15;1-3-8-7-9-11(17-8)6-5-10-12(9)16(4-2)13(14)15-10/h5-6,9H,3-4,7-8H2,1-2H3,(H2,15,16);5-6,8H,3-4,7H2,1-2H3,(H2,14,15). The molecule has 0 saturated heterocycles. The van der Waals surface area contributed by atoms with Gasteiger partial charge in [-0.15, -0.1) is 0 Å². The molecule has 0 bridgehead atoms. The van der Waals surface area contributed by atoms with Crippen molar-refractivity contribution < 1.29 is 9.47 Å². The quantitative estimate of drug-likeness (QED) is 0.415. The molecule has 4 N–H and O–H groups in total. The molecule has 186 valence electrons. The Kier molecular flexibility index (Phi) is 6.21. The number of nitrogens with zero attached hydrogens (tertiary/aromatic N) is 4. The number of rotatable bonds is 5. The van der Waals surface area contributed by atoms with E-state index in [4.69, 9.17) is 20.9 Å². The first-order valence-corrected chi connectivity index (χ1v) is 12.9. The van der Waals surface area contributed by atoms with Crippen molar-refractivity contribution >= 4 is 34.0 Å². The van der Waals surface area contributed by atoms with Crippen LogP contribution in [-0.2, 0) is 25.9 Å². The lowest BCUT2D eigenvalue weighted by atomic mass is 10.1. The number of ether oxygens (including phenoxy) is 2. The first kappa shape index (κ1) is 23.3. The number of benzene rings is 2. The van der Waals surface area contributed by atoms with E-state index in [-0.39, 0.29) is 0 Å². The van der Waals surface area contributed by atoms with Crippen molar-refractivity contribution in [2.45, 2.75) is 85.1 Å². The molecule has 0 amide bonds. The average Bonchev–Trinajstić information content (AvgIpc) is 3.61. The molecule has 8 nitrogen and oxygen atoms in total. The topological polar surface area (TPSA) is 106 Å². The van der Waals surface area contributed by atoms with E-state index in [1.54, 1.807) is 0 Å². The highest BCUT2D eigenvalue weighted by atomic mass is 16.5. The number of anilines is 2. The molecule has 0 spiro atoms. The van der Waals surface area contributed by atoms with Crippen molar-refractivity contribution in [3.8, 4) is 11.5 Å². The molecular formula is C27H36N6O2. The highest BCUT2D eigenvalue weighted by Crippen LogP contribution is 2.38. The molecule has 2 aromatic carbocycles. The van der Waals surface area contributed by atoms with E-state index in [1.807, 2.05) is 24.3 Å².